The number of hydrogen-bond donors (Lipinski definition) is 2. The van der Waals surface area contributed by atoms with Gasteiger partial charge in [-0.2, -0.15) is 0 Å². The van der Waals surface area contributed by atoms with Crippen LogP contribution >= 0.6 is 0 Å². The maximum absolute atomic E-state index is 12.5. The van der Waals surface area contributed by atoms with Crippen molar-refractivity contribution in [3.63, 3.8) is 0 Å². The summed E-state index contributed by atoms with van der Waals surface area (Å²) in [5.41, 5.74) is 5.78. The molecule has 2 saturated carbocycles. The Labute approximate surface area is 103 Å². The van der Waals surface area contributed by atoms with Gasteiger partial charge in [-0.25, -0.2) is 0 Å². The summed E-state index contributed by atoms with van der Waals surface area (Å²) >= 11 is 0. The maximum Gasteiger partial charge on any atom is 0.226 e. The second-order valence-corrected chi connectivity index (χ2v) is 5.37. The topological polar surface area (TPSA) is 66.6 Å². The molecule has 2 fully saturated rings. The van der Waals surface area contributed by atoms with Gasteiger partial charge in [0.05, 0.1) is 6.61 Å². The van der Waals surface area contributed by atoms with Crippen LogP contribution in [-0.4, -0.2) is 41.7 Å². The largest absolute Gasteiger partial charge is 0.395 e. The lowest BCUT2D eigenvalue weighted by Crippen LogP contribution is -2.44. The molecule has 0 aromatic rings. The van der Waals surface area contributed by atoms with Crippen LogP contribution in [0.25, 0.3) is 0 Å². The second kappa shape index (κ2) is 5.83. The first-order valence-electron chi connectivity index (χ1n) is 6.89. The number of amides is 1. The van der Waals surface area contributed by atoms with Gasteiger partial charge >= 0.3 is 0 Å². The van der Waals surface area contributed by atoms with Crippen molar-refractivity contribution in [1.29, 1.82) is 0 Å². The van der Waals surface area contributed by atoms with Crippen molar-refractivity contribution in [2.75, 3.05) is 19.7 Å². The first kappa shape index (κ1) is 12.8. The van der Waals surface area contributed by atoms with Gasteiger partial charge < -0.3 is 15.7 Å². The first-order valence-corrected chi connectivity index (χ1v) is 6.89. The number of carbonyl (C=O) groups is 1. The third-order valence-corrected chi connectivity index (χ3v) is 4.14. The minimum absolute atomic E-state index is 0.0717. The molecule has 3 N–H and O–H groups in total. The molecule has 2 unspecified atom stereocenters. The normalized spacial score (nSPS) is 29.1. The van der Waals surface area contributed by atoms with Gasteiger partial charge in [0.2, 0.25) is 5.91 Å². The summed E-state index contributed by atoms with van der Waals surface area (Å²) in [6.07, 6.45) is 6.62. The zero-order chi connectivity index (χ0) is 12.3. The molecule has 2 atom stereocenters. The number of aliphatic hydroxyl groups is 1. The van der Waals surface area contributed by atoms with Crippen LogP contribution in [0.4, 0.5) is 0 Å². The van der Waals surface area contributed by atoms with E-state index in [0.717, 1.165) is 32.1 Å². The highest BCUT2D eigenvalue weighted by molar-refractivity contribution is 5.80. The van der Waals surface area contributed by atoms with Crippen LogP contribution in [0.5, 0.6) is 0 Å². The maximum atomic E-state index is 12.5. The summed E-state index contributed by atoms with van der Waals surface area (Å²) in [5.74, 6) is 0.716. The molecule has 2 aliphatic rings. The van der Waals surface area contributed by atoms with Crippen molar-refractivity contribution in [2.24, 2.45) is 17.6 Å². The molecule has 0 aromatic heterocycles. The van der Waals surface area contributed by atoms with Gasteiger partial charge in [0.25, 0.3) is 0 Å². The van der Waals surface area contributed by atoms with E-state index in [-0.39, 0.29) is 18.4 Å². The average molecular weight is 240 g/mol. The average Bonchev–Trinajstić information content (AvgIpc) is 3.19. The van der Waals surface area contributed by atoms with Crippen LogP contribution in [0.3, 0.4) is 0 Å². The minimum atomic E-state index is 0.0717. The standard InChI is InChI=1S/C13H24N2O2/c14-9-10-3-1-2-4-12(10)13(17)15(7-8-16)11-5-6-11/h10-12,16H,1-9,14H2. The van der Waals surface area contributed by atoms with E-state index in [1.807, 2.05) is 4.90 Å². The van der Waals surface area contributed by atoms with Crippen LogP contribution in [0, 0.1) is 11.8 Å². The van der Waals surface area contributed by atoms with Crippen LogP contribution < -0.4 is 5.73 Å². The van der Waals surface area contributed by atoms with E-state index in [4.69, 9.17) is 10.8 Å². The summed E-state index contributed by atoms with van der Waals surface area (Å²) < 4.78 is 0. The van der Waals surface area contributed by atoms with E-state index >= 15 is 0 Å². The lowest BCUT2D eigenvalue weighted by atomic mass is 9.78. The highest BCUT2D eigenvalue weighted by atomic mass is 16.3. The van der Waals surface area contributed by atoms with Gasteiger partial charge in [-0.3, -0.25) is 4.79 Å². The monoisotopic (exact) mass is 240 g/mol. The van der Waals surface area contributed by atoms with Crippen LogP contribution in [0.1, 0.15) is 38.5 Å². The Hall–Kier alpha value is -0.610. The molecular weight excluding hydrogens is 216 g/mol. The molecule has 2 aliphatic carbocycles. The number of rotatable bonds is 5. The first-order chi connectivity index (χ1) is 8.27. The quantitative estimate of drug-likeness (QED) is 0.744. The molecule has 0 saturated heterocycles. The summed E-state index contributed by atoms with van der Waals surface area (Å²) in [6, 6.07) is 0.398. The van der Waals surface area contributed by atoms with E-state index in [1.165, 1.54) is 6.42 Å². The fourth-order valence-corrected chi connectivity index (χ4v) is 2.99. The van der Waals surface area contributed by atoms with Gasteiger partial charge in [-0.05, 0) is 38.1 Å². The summed E-state index contributed by atoms with van der Waals surface area (Å²) in [6.45, 7) is 1.19. The van der Waals surface area contributed by atoms with Gasteiger partial charge in [0.15, 0.2) is 0 Å². The predicted molar refractivity (Wildman–Crippen MR) is 66.3 cm³/mol. The number of carbonyl (C=O) groups excluding carboxylic acids is 1. The van der Waals surface area contributed by atoms with Crippen molar-refractivity contribution >= 4 is 5.91 Å². The van der Waals surface area contributed by atoms with Crippen LogP contribution in [0.2, 0.25) is 0 Å². The Kier molecular flexibility index (Phi) is 4.40. The molecule has 4 heteroatoms. The van der Waals surface area contributed by atoms with E-state index < -0.39 is 0 Å². The Morgan fingerprint density at radius 2 is 1.94 bits per heavy atom. The van der Waals surface area contributed by atoms with Crippen molar-refractivity contribution in [3.8, 4) is 0 Å². The van der Waals surface area contributed by atoms with Crippen molar-refractivity contribution in [3.05, 3.63) is 0 Å². The van der Waals surface area contributed by atoms with Crippen molar-refractivity contribution in [2.45, 2.75) is 44.6 Å². The van der Waals surface area contributed by atoms with E-state index in [0.29, 0.717) is 25.0 Å². The summed E-state index contributed by atoms with van der Waals surface area (Å²) in [5, 5.41) is 9.07. The van der Waals surface area contributed by atoms with Crippen molar-refractivity contribution < 1.29 is 9.90 Å². The Balaban J connectivity index is 1.99. The zero-order valence-corrected chi connectivity index (χ0v) is 10.5. The lowest BCUT2D eigenvalue weighted by Gasteiger charge is -2.34. The smallest absolute Gasteiger partial charge is 0.226 e. The molecule has 0 radical (unpaired) electrons. The Morgan fingerprint density at radius 1 is 1.24 bits per heavy atom. The van der Waals surface area contributed by atoms with Gasteiger partial charge in [0.1, 0.15) is 0 Å². The fourth-order valence-electron chi connectivity index (χ4n) is 2.99. The molecule has 17 heavy (non-hydrogen) atoms. The highest BCUT2D eigenvalue weighted by Gasteiger charge is 2.38. The second-order valence-electron chi connectivity index (χ2n) is 5.37. The highest BCUT2D eigenvalue weighted by Crippen LogP contribution is 2.34. The van der Waals surface area contributed by atoms with Gasteiger partial charge in [-0.15, -0.1) is 0 Å². The Morgan fingerprint density at radius 3 is 2.53 bits per heavy atom. The summed E-state index contributed by atoms with van der Waals surface area (Å²) in [7, 11) is 0. The summed E-state index contributed by atoms with van der Waals surface area (Å²) in [4.78, 5) is 14.4. The molecule has 0 spiro atoms. The van der Waals surface area contributed by atoms with Crippen LogP contribution in [-0.2, 0) is 4.79 Å². The SMILES string of the molecule is NCC1CCCCC1C(=O)N(CCO)C1CC1. The molecule has 0 bridgehead atoms. The molecule has 98 valence electrons. The molecule has 4 nitrogen and oxygen atoms in total. The minimum Gasteiger partial charge on any atom is -0.395 e. The number of hydrogen-bond acceptors (Lipinski definition) is 3. The zero-order valence-electron chi connectivity index (χ0n) is 10.5. The molecule has 0 aromatic carbocycles. The Bertz CT molecular complexity index is 266. The molecule has 0 heterocycles. The van der Waals surface area contributed by atoms with Crippen LogP contribution in [0.15, 0.2) is 0 Å². The number of aliphatic hydroxyl groups excluding tert-OH is 1. The number of nitrogens with two attached hydrogens (primary N) is 1. The number of nitrogens with zero attached hydrogens (tertiary/aromatic N) is 1. The molecule has 0 aliphatic heterocycles. The van der Waals surface area contributed by atoms with Gasteiger partial charge in [0, 0.05) is 18.5 Å². The van der Waals surface area contributed by atoms with Crippen molar-refractivity contribution in [1.82, 2.24) is 4.90 Å². The van der Waals surface area contributed by atoms with E-state index in [1.54, 1.807) is 0 Å². The van der Waals surface area contributed by atoms with Gasteiger partial charge in [-0.1, -0.05) is 12.8 Å². The molecular formula is C13H24N2O2. The van der Waals surface area contributed by atoms with E-state index in [9.17, 15) is 4.79 Å². The molecule has 1 amide bonds. The lowest BCUT2D eigenvalue weighted by molar-refractivity contribution is -0.139. The fraction of sp³-hybridized carbons (Fsp3) is 0.923. The predicted octanol–water partition coefficient (Wildman–Crippen LogP) is 0.735. The molecule has 2 rings (SSSR count). The van der Waals surface area contributed by atoms with E-state index in [2.05, 4.69) is 0 Å². The third-order valence-electron chi connectivity index (χ3n) is 4.14. The third kappa shape index (κ3) is 2.99.